The Labute approximate surface area is 98.4 Å². The molecule has 0 aromatic rings. The lowest BCUT2D eigenvalue weighted by Crippen LogP contribution is -2.48. The molecule has 0 aliphatic heterocycles. The largest absolute Gasteiger partial charge is 0.305 e. The van der Waals surface area contributed by atoms with Crippen molar-refractivity contribution in [3.05, 3.63) is 0 Å². The van der Waals surface area contributed by atoms with E-state index in [-0.39, 0.29) is 6.04 Å². The highest BCUT2D eigenvalue weighted by atomic mass is 14.9. The Morgan fingerprint density at radius 2 is 1.69 bits per heavy atom. The summed E-state index contributed by atoms with van der Waals surface area (Å²) in [7, 11) is 1.92. The fourth-order valence-electron chi connectivity index (χ4n) is 5.19. The van der Waals surface area contributed by atoms with Crippen LogP contribution in [0.4, 0.5) is 0 Å². The average molecular weight is 218 g/mol. The van der Waals surface area contributed by atoms with Gasteiger partial charge in [0.1, 0.15) is 0 Å². The number of nitriles is 1. The smallest absolute Gasteiger partial charge is 0.0955 e. The zero-order chi connectivity index (χ0) is 11.2. The predicted molar refractivity (Wildman–Crippen MR) is 63.7 cm³/mol. The fraction of sp³-hybridized carbons (Fsp3) is 0.929. The van der Waals surface area contributed by atoms with E-state index in [0.29, 0.717) is 5.41 Å². The zero-order valence-corrected chi connectivity index (χ0v) is 10.2. The molecule has 0 saturated heterocycles. The van der Waals surface area contributed by atoms with E-state index in [1.54, 1.807) is 0 Å². The quantitative estimate of drug-likeness (QED) is 0.790. The van der Waals surface area contributed by atoms with Gasteiger partial charge in [-0.1, -0.05) is 0 Å². The van der Waals surface area contributed by atoms with Crippen LogP contribution in [0, 0.1) is 34.5 Å². The molecular weight excluding hydrogens is 196 g/mol. The summed E-state index contributed by atoms with van der Waals surface area (Å²) >= 11 is 0. The first-order valence-corrected chi connectivity index (χ1v) is 6.80. The van der Waals surface area contributed by atoms with Crippen molar-refractivity contribution in [2.45, 2.75) is 51.0 Å². The molecule has 0 aromatic carbocycles. The number of hydrogen-bond donors (Lipinski definition) is 1. The van der Waals surface area contributed by atoms with Gasteiger partial charge in [0.25, 0.3) is 0 Å². The van der Waals surface area contributed by atoms with E-state index in [1.165, 1.54) is 38.5 Å². The molecule has 4 bridgehead atoms. The van der Waals surface area contributed by atoms with Gasteiger partial charge < -0.3 is 5.32 Å². The lowest BCUT2D eigenvalue weighted by Gasteiger charge is -2.57. The van der Waals surface area contributed by atoms with Gasteiger partial charge in [0.2, 0.25) is 0 Å². The summed E-state index contributed by atoms with van der Waals surface area (Å²) in [4.78, 5) is 0. The third kappa shape index (κ3) is 1.66. The summed E-state index contributed by atoms with van der Waals surface area (Å²) in [6.45, 7) is 0. The maximum absolute atomic E-state index is 9.12. The number of nitrogens with zero attached hydrogens (tertiary/aromatic N) is 1. The summed E-state index contributed by atoms with van der Waals surface area (Å²) in [5.41, 5.74) is 0.540. The minimum atomic E-state index is 0.0799. The van der Waals surface area contributed by atoms with Gasteiger partial charge in [0.05, 0.1) is 12.1 Å². The molecule has 4 fully saturated rings. The zero-order valence-electron chi connectivity index (χ0n) is 10.2. The SMILES string of the molecule is CNC(C#N)CC12CC3CC(CC(C3)C1)C2. The van der Waals surface area contributed by atoms with Gasteiger partial charge in [-0.3, -0.25) is 0 Å². The molecule has 0 spiro atoms. The standard InChI is InChI=1S/C14H22N2/c1-16-13(9-15)8-14-5-10-2-11(6-14)4-12(3-10)7-14/h10-13,16H,2-8H2,1H3. The van der Waals surface area contributed by atoms with Crippen molar-refractivity contribution in [2.75, 3.05) is 7.05 Å². The van der Waals surface area contributed by atoms with Crippen LogP contribution in [0.1, 0.15) is 44.9 Å². The Bertz CT molecular complexity index is 280. The second-order valence-corrected chi connectivity index (χ2v) is 6.59. The van der Waals surface area contributed by atoms with Crippen LogP contribution < -0.4 is 5.32 Å². The van der Waals surface area contributed by atoms with Crippen LogP contribution in [0.25, 0.3) is 0 Å². The third-order valence-electron chi connectivity index (χ3n) is 5.31. The summed E-state index contributed by atoms with van der Waals surface area (Å²) in [5.74, 6) is 3.01. The monoisotopic (exact) mass is 218 g/mol. The molecular formula is C14H22N2. The predicted octanol–water partition coefficient (Wildman–Crippen LogP) is 2.70. The van der Waals surface area contributed by atoms with Crippen molar-refractivity contribution in [1.29, 1.82) is 5.26 Å². The summed E-state index contributed by atoms with van der Waals surface area (Å²) in [6.07, 6.45) is 9.84. The van der Waals surface area contributed by atoms with Gasteiger partial charge in [-0.2, -0.15) is 5.26 Å². The first-order valence-electron chi connectivity index (χ1n) is 6.80. The molecule has 4 aliphatic rings. The van der Waals surface area contributed by atoms with Crippen molar-refractivity contribution in [3.63, 3.8) is 0 Å². The molecule has 0 heterocycles. The van der Waals surface area contributed by atoms with Gasteiger partial charge in [-0.25, -0.2) is 0 Å². The topological polar surface area (TPSA) is 35.8 Å². The normalized spacial score (nSPS) is 46.6. The molecule has 1 unspecified atom stereocenters. The lowest BCUT2D eigenvalue weighted by molar-refractivity contribution is -0.0593. The number of nitrogens with one attached hydrogen (secondary N) is 1. The van der Waals surface area contributed by atoms with Crippen LogP contribution in [0.3, 0.4) is 0 Å². The van der Waals surface area contributed by atoms with E-state index in [2.05, 4.69) is 11.4 Å². The highest BCUT2D eigenvalue weighted by molar-refractivity contribution is 5.05. The Morgan fingerprint density at radius 1 is 1.19 bits per heavy atom. The van der Waals surface area contributed by atoms with Crippen molar-refractivity contribution in [3.8, 4) is 6.07 Å². The van der Waals surface area contributed by atoms with Gasteiger partial charge in [-0.15, -0.1) is 0 Å². The molecule has 88 valence electrons. The molecule has 0 amide bonds. The Balaban J connectivity index is 1.76. The molecule has 0 aromatic heterocycles. The van der Waals surface area contributed by atoms with Crippen LogP contribution >= 0.6 is 0 Å². The van der Waals surface area contributed by atoms with Crippen molar-refractivity contribution in [1.82, 2.24) is 5.32 Å². The van der Waals surface area contributed by atoms with E-state index >= 15 is 0 Å². The second kappa shape index (κ2) is 3.74. The molecule has 2 heteroatoms. The Morgan fingerprint density at radius 3 is 2.06 bits per heavy atom. The third-order valence-corrected chi connectivity index (χ3v) is 5.31. The van der Waals surface area contributed by atoms with E-state index in [9.17, 15) is 0 Å². The number of hydrogen-bond acceptors (Lipinski definition) is 2. The van der Waals surface area contributed by atoms with Crippen LogP contribution in [-0.4, -0.2) is 13.1 Å². The summed E-state index contributed by atoms with van der Waals surface area (Å²) in [5, 5.41) is 12.3. The Hall–Kier alpha value is -0.550. The van der Waals surface area contributed by atoms with Crippen molar-refractivity contribution in [2.24, 2.45) is 23.2 Å². The van der Waals surface area contributed by atoms with E-state index in [1.807, 2.05) is 7.05 Å². The average Bonchev–Trinajstić information content (AvgIpc) is 2.24. The van der Waals surface area contributed by atoms with Crippen molar-refractivity contribution < 1.29 is 0 Å². The lowest BCUT2D eigenvalue weighted by atomic mass is 9.48. The second-order valence-electron chi connectivity index (χ2n) is 6.59. The van der Waals surface area contributed by atoms with E-state index in [0.717, 1.165) is 24.2 Å². The van der Waals surface area contributed by atoms with Crippen LogP contribution in [-0.2, 0) is 0 Å². The van der Waals surface area contributed by atoms with Gasteiger partial charge in [0.15, 0.2) is 0 Å². The van der Waals surface area contributed by atoms with Gasteiger partial charge >= 0.3 is 0 Å². The summed E-state index contributed by atoms with van der Waals surface area (Å²) in [6, 6.07) is 2.50. The van der Waals surface area contributed by atoms with E-state index < -0.39 is 0 Å². The van der Waals surface area contributed by atoms with Gasteiger partial charge in [0, 0.05) is 0 Å². The molecule has 1 N–H and O–H groups in total. The molecule has 16 heavy (non-hydrogen) atoms. The highest BCUT2D eigenvalue weighted by Crippen LogP contribution is 2.61. The minimum Gasteiger partial charge on any atom is -0.305 e. The molecule has 0 radical (unpaired) electrons. The molecule has 1 atom stereocenters. The van der Waals surface area contributed by atoms with Crippen molar-refractivity contribution >= 4 is 0 Å². The van der Waals surface area contributed by atoms with Crippen LogP contribution in [0.2, 0.25) is 0 Å². The Kier molecular flexibility index (Phi) is 2.47. The van der Waals surface area contributed by atoms with Crippen LogP contribution in [0.5, 0.6) is 0 Å². The highest BCUT2D eigenvalue weighted by Gasteiger charge is 2.51. The molecule has 4 saturated carbocycles. The van der Waals surface area contributed by atoms with Gasteiger partial charge in [-0.05, 0) is 75.2 Å². The molecule has 4 aliphatic carbocycles. The first kappa shape index (κ1) is 10.6. The maximum atomic E-state index is 9.12. The molecule has 4 rings (SSSR count). The maximum Gasteiger partial charge on any atom is 0.0955 e. The fourth-order valence-corrected chi connectivity index (χ4v) is 5.19. The number of rotatable bonds is 3. The summed E-state index contributed by atoms with van der Waals surface area (Å²) < 4.78 is 0. The minimum absolute atomic E-state index is 0.0799. The first-order chi connectivity index (χ1) is 7.73. The molecule has 2 nitrogen and oxygen atoms in total. The van der Waals surface area contributed by atoms with E-state index in [4.69, 9.17) is 5.26 Å². The van der Waals surface area contributed by atoms with Crippen LogP contribution in [0.15, 0.2) is 0 Å².